The first kappa shape index (κ1) is 17.5. The van der Waals surface area contributed by atoms with Gasteiger partial charge in [0.15, 0.2) is 0 Å². The second-order valence-corrected chi connectivity index (χ2v) is 7.21. The summed E-state index contributed by atoms with van der Waals surface area (Å²) in [4.78, 5) is 17.3. The zero-order valence-corrected chi connectivity index (χ0v) is 15.2. The monoisotopic (exact) mass is 376 g/mol. The van der Waals surface area contributed by atoms with Crippen LogP contribution in [0.25, 0.3) is 11.3 Å². The van der Waals surface area contributed by atoms with Gasteiger partial charge in [0, 0.05) is 17.6 Å². The molecule has 0 atom stereocenters. The molecule has 0 fully saturated rings. The third-order valence-corrected chi connectivity index (χ3v) is 4.04. The van der Waals surface area contributed by atoms with Gasteiger partial charge in [-0.25, -0.2) is 9.78 Å². The highest BCUT2D eigenvalue weighted by Gasteiger charge is 2.25. The Balaban J connectivity index is 2.16. The summed E-state index contributed by atoms with van der Waals surface area (Å²) in [7, 11) is 0. The van der Waals surface area contributed by atoms with Gasteiger partial charge < -0.3 is 10.0 Å². The maximum Gasteiger partial charge on any atom is 0.407 e. The molecule has 5 heteroatoms. The maximum atomic E-state index is 11.4. The lowest BCUT2D eigenvalue weighted by Crippen LogP contribution is -2.45. The predicted molar refractivity (Wildman–Crippen MR) is 95.6 cm³/mol. The van der Waals surface area contributed by atoms with E-state index in [1.807, 2.05) is 57.2 Å². The maximum absolute atomic E-state index is 11.4. The average molecular weight is 377 g/mol. The molecule has 2 aromatic rings. The van der Waals surface area contributed by atoms with Crippen LogP contribution in [0.1, 0.15) is 26.3 Å². The summed E-state index contributed by atoms with van der Waals surface area (Å²) in [6, 6.07) is 13.9. The highest BCUT2D eigenvalue weighted by Crippen LogP contribution is 2.21. The molecule has 4 nitrogen and oxygen atoms in total. The minimum absolute atomic E-state index is 0.407. The van der Waals surface area contributed by atoms with Crippen molar-refractivity contribution in [3.63, 3.8) is 0 Å². The average Bonchev–Trinajstić information content (AvgIpc) is 2.46. The molecule has 0 spiro atoms. The van der Waals surface area contributed by atoms with Crippen LogP contribution in [-0.2, 0) is 6.42 Å². The van der Waals surface area contributed by atoms with Gasteiger partial charge in [-0.15, -0.1) is 0 Å². The van der Waals surface area contributed by atoms with E-state index in [0.29, 0.717) is 13.0 Å². The van der Waals surface area contributed by atoms with Crippen LogP contribution >= 0.6 is 15.9 Å². The van der Waals surface area contributed by atoms with Gasteiger partial charge in [-0.1, -0.05) is 24.3 Å². The van der Waals surface area contributed by atoms with Crippen molar-refractivity contribution < 1.29 is 9.90 Å². The van der Waals surface area contributed by atoms with Gasteiger partial charge in [-0.3, -0.25) is 0 Å². The van der Waals surface area contributed by atoms with E-state index in [4.69, 9.17) is 0 Å². The van der Waals surface area contributed by atoms with Crippen LogP contribution in [0.5, 0.6) is 0 Å². The molecule has 122 valence electrons. The smallest absolute Gasteiger partial charge is 0.407 e. The summed E-state index contributed by atoms with van der Waals surface area (Å²) in [5.41, 5.74) is 2.61. The van der Waals surface area contributed by atoms with Crippen LogP contribution in [-0.4, -0.2) is 33.2 Å². The molecule has 2 rings (SSSR count). The van der Waals surface area contributed by atoms with Gasteiger partial charge in [-0.05, 0) is 66.9 Å². The standard InChI is InChI=1S/C18H21BrN2O2/c1-18(2,3)21(17(22)23)11-10-13-6-4-7-14(12-13)15-8-5-9-16(19)20-15/h4-9,12H,10-11H2,1-3H3,(H,22,23). The van der Waals surface area contributed by atoms with Crippen molar-refractivity contribution in [3.8, 4) is 11.3 Å². The highest BCUT2D eigenvalue weighted by molar-refractivity contribution is 9.10. The Morgan fingerprint density at radius 2 is 1.91 bits per heavy atom. The molecule has 1 aromatic heterocycles. The molecule has 0 radical (unpaired) electrons. The summed E-state index contributed by atoms with van der Waals surface area (Å²) < 4.78 is 0.796. The fourth-order valence-electron chi connectivity index (χ4n) is 2.41. The molecule has 0 unspecified atom stereocenters. The molecule has 0 bridgehead atoms. The van der Waals surface area contributed by atoms with E-state index in [2.05, 4.69) is 27.0 Å². The summed E-state index contributed by atoms with van der Waals surface area (Å²) in [6.07, 6.45) is -0.215. The number of hydrogen-bond acceptors (Lipinski definition) is 2. The highest BCUT2D eigenvalue weighted by atomic mass is 79.9. The Morgan fingerprint density at radius 3 is 2.52 bits per heavy atom. The Morgan fingerprint density at radius 1 is 1.22 bits per heavy atom. The number of nitrogens with zero attached hydrogens (tertiary/aromatic N) is 2. The zero-order chi connectivity index (χ0) is 17.0. The van der Waals surface area contributed by atoms with Crippen LogP contribution in [0.2, 0.25) is 0 Å². The van der Waals surface area contributed by atoms with Gasteiger partial charge in [0.2, 0.25) is 0 Å². The molecule has 23 heavy (non-hydrogen) atoms. The summed E-state index contributed by atoms with van der Waals surface area (Å²) in [6.45, 7) is 6.18. The Bertz CT molecular complexity index is 695. The Hall–Kier alpha value is -1.88. The van der Waals surface area contributed by atoms with Crippen molar-refractivity contribution in [2.75, 3.05) is 6.54 Å². The third kappa shape index (κ3) is 4.79. The quantitative estimate of drug-likeness (QED) is 0.777. The lowest BCUT2D eigenvalue weighted by atomic mass is 10.0. The van der Waals surface area contributed by atoms with Crippen molar-refractivity contribution in [1.29, 1.82) is 0 Å². The third-order valence-electron chi connectivity index (χ3n) is 3.60. The number of amides is 1. The molecular formula is C18H21BrN2O2. The van der Waals surface area contributed by atoms with E-state index < -0.39 is 11.6 Å². The second-order valence-electron chi connectivity index (χ2n) is 6.40. The SMILES string of the molecule is CC(C)(C)N(CCc1cccc(-c2cccc(Br)n2)c1)C(=O)O. The molecule has 0 aliphatic carbocycles. The van der Waals surface area contributed by atoms with Crippen molar-refractivity contribution in [2.45, 2.75) is 32.7 Å². The van der Waals surface area contributed by atoms with Crippen LogP contribution in [0.3, 0.4) is 0 Å². The molecule has 0 aliphatic rings. The van der Waals surface area contributed by atoms with Crippen molar-refractivity contribution in [2.24, 2.45) is 0 Å². The Kier molecular flexibility index (Phi) is 5.42. The number of carbonyl (C=O) groups is 1. The lowest BCUT2D eigenvalue weighted by molar-refractivity contribution is 0.101. The number of halogens is 1. The first-order chi connectivity index (χ1) is 10.8. The number of hydrogen-bond donors (Lipinski definition) is 1. The predicted octanol–water partition coefficient (Wildman–Crippen LogP) is 4.83. The van der Waals surface area contributed by atoms with Gasteiger partial charge >= 0.3 is 6.09 Å². The largest absolute Gasteiger partial charge is 0.465 e. The molecule has 0 aliphatic heterocycles. The summed E-state index contributed by atoms with van der Waals surface area (Å²) in [5, 5.41) is 9.36. The number of carboxylic acid groups (broad SMARTS) is 1. The number of rotatable bonds is 4. The number of aromatic nitrogens is 1. The zero-order valence-electron chi connectivity index (χ0n) is 13.6. The number of benzene rings is 1. The van der Waals surface area contributed by atoms with Crippen molar-refractivity contribution in [3.05, 3.63) is 52.6 Å². The second kappa shape index (κ2) is 7.13. The van der Waals surface area contributed by atoms with Crippen LogP contribution in [0.15, 0.2) is 47.1 Å². The van der Waals surface area contributed by atoms with Gasteiger partial charge in [0.05, 0.1) is 5.69 Å². The Labute approximate surface area is 145 Å². The van der Waals surface area contributed by atoms with Crippen molar-refractivity contribution >= 4 is 22.0 Å². The summed E-state index contributed by atoms with van der Waals surface area (Å²) in [5.74, 6) is 0. The van der Waals surface area contributed by atoms with Crippen LogP contribution in [0, 0.1) is 0 Å². The van der Waals surface area contributed by atoms with Crippen LogP contribution in [0.4, 0.5) is 4.79 Å². The van der Waals surface area contributed by atoms with Gasteiger partial charge in [-0.2, -0.15) is 0 Å². The number of pyridine rings is 1. The topological polar surface area (TPSA) is 53.4 Å². The van der Waals surface area contributed by atoms with Crippen LogP contribution < -0.4 is 0 Å². The molecule has 1 heterocycles. The van der Waals surface area contributed by atoms with E-state index in [0.717, 1.165) is 21.4 Å². The molecule has 1 N–H and O–H groups in total. The molecular weight excluding hydrogens is 356 g/mol. The fraction of sp³-hybridized carbons (Fsp3) is 0.333. The first-order valence-corrected chi connectivity index (χ1v) is 8.29. The van der Waals surface area contributed by atoms with E-state index in [9.17, 15) is 9.90 Å². The molecule has 0 saturated heterocycles. The molecule has 0 saturated carbocycles. The fourth-order valence-corrected chi connectivity index (χ4v) is 2.76. The lowest BCUT2D eigenvalue weighted by Gasteiger charge is -2.33. The van der Waals surface area contributed by atoms with E-state index in [1.54, 1.807) is 0 Å². The van der Waals surface area contributed by atoms with E-state index >= 15 is 0 Å². The van der Waals surface area contributed by atoms with E-state index in [1.165, 1.54) is 4.90 Å². The first-order valence-electron chi connectivity index (χ1n) is 7.50. The van der Waals surface area contributed by atoms with Gasteiger partial charge in [0.25, 0.3) is 0 Å². The minimum Gasteiger partial charge on any atom is -0.465 e. The van der Waals surface area contributed by atoms with Crippen molar-refractivity contribution in [1.82, 2.24) is 9.88 Å². The summed E-state index contributed by atoms with van der Waals surface area (Å²) >= 11 is 3.38. The van der Waals surface area contributed by atoms with Gasteiger partial charge in [0.1, 0.15) is 4.60 Å². The normalized spacial score (nSPS) is 11.3. The van der Waals surface area contributed by atoms with E-state index in [-0.39, 0.29) is 0 Å². The molecule has 1 amide bonds. The minimum atomic E-state index is -0.887. The molecule has 1 aromatic carbocycles.